The van der Waals surface area contributed by atoms with Gasteiger partial charge in [-0.15, -0.1) is 12.4 Å². The minimum Gasteiger partial charge on any atom is -0.495 e. The summed E-state index contributed by atoms with van der Waals surface area (Å²) < 4.78 is 32.4. The first-order valence-corrected chi connectivity index (χ1v) is 9.49. The number of halogens is 1. The lowest BCUT2D eigenvalue weighted by Gasteiger charge is -2.14. The molecule has 0 unspecified atom stereocenters. The predicted molar refractivity (Wildman–Crippen MR) is 101 cm³/mol. The van der Waals surface area contributed by atoms with Crippen LogP contribution in [0.1, 0.15) is 37.6 Å². The average Bonchev–Trinajstić information content (AvgIpc) is 2.52. The average molecular weight is 394 g/mol. The van der Waals surface area contributed by atoms with Gasteiger partial charge in [-0.1, -0.05) is 6.92 Å². The Labute approximate surface area is 156 Å². The predicted octanol–water partition coefficient (Wildman–Crippen LogP) is 1.53. The summed E-state index contributed by atoms with van der Waals surface area (Å²) >= 11 is 0. The van der Waals surface area contributed by atoms with E-state index in [1.165, 1.54) is 19.2 Å². The minimum absolute atomic E-state index is 0. The van der Waals surface area contributed by atoms with Gasteiger partial charge in [0.15, 0.2) is 0 Å². The molecule has 1 rings (SSSR count). The van der Waals surface area contributed by atoms with Crippen molar-refractivity contribution in [2.75, 3.05) is 26.7 Å². The van der Waals surface area contributed by atoms with Gasteiger partial charge in [0.2, 0.25) is 10.0 Å². The third-order valence-electron chi connectivity index (χ3n) is 3.12. The third kappa shape index (κ3) is 7.60. The zero-order valence-corrected chi connectivity index (χ0v) is 16.7. The van der Waals surface area contributed by atoms with Gasteiger partial charge in [0.05, 0.1) is 7.11 Å². The molecule has 0 aromatic heterocycles. The van der Waals surface area contributed by atoms with E-state index in [0.717, 1.165) is 13.0 Å². The molecule has 0 atom stereocenters. The van der Waals surface area contributed by atoms with Gasteiger partial charge in [-0.25, -0.2) is 13.1 Å². The number of hydrogen-bond acceptors (Lipinski definition) is 5. The summed E-state index contributed by atoms with van der Waals surface area (Å²) in [5.41, 5.74) is 0.274. The van der Waals surface area contributed by atoms with E-state index in [1.807, 2.05) is 0 Å². The van der Waals surface area contributed by atoms with E-state index < -0.39 is 10.0 Å². The number of sulfonamides is 1. The maximum Gasteiger partial charge on any atom is 0.251 e. The van der Waals surface area contributed by atoms with Crippen LogP contribution in [0.4, 0.5) is 0 Å². The van der Waals surface area contributed by atoms with E-state index >= 15 is 0 Å². The molecule has 1 aromatic rings. The largest absolute Gasteiger partial charge is 0.495 e. The van der Waals surface area contributed by atoms with E-state index in [4.69, 9.17) is 4.74 Å². The number of methoxy groups -OCH3 is 1. The Hall–Kier alpha value is -1.35. The van der Waals surface area contributed by atoms with Crippen molar-refractivity contribution in [3.63, 3.8) is 0 Å². The van der Waals surface area contributed by atoms with Crippen LogP contribution in [0.25, 0.3) is 0 Å². The highest BCUT2D eigenvalue weighted by Gasteiger charge is 2.22. The van der Waals surface area contributed by atoms with Gasteiger partial charge in [0.1, 0.15) is 10.6 Å². The van der Waals surface area contributed by atoms with Crippen LogP contribution in [-0.4, -0.2) is 47.1 Å². The fourth-order valence-corrected chi connectivity index (χ4v) is 3.52. The highest BCUT2D eigenvalue weighted by Crippen LogP contribution is 2.25. The Morgan fingerprint density at radius 1 is 1.20 bits per heavy atom. The normalized spacial score (nSPS) is 11.1. The Kier molecular flexibility index (Phi) is 10.7. The topological polar surface area (TPSA) is 96.5 Å². The molecule has 0 radical (unpaired) electrons. The lowest BCUT2D eigenvalue weighted by atomic mass is 10.2. The molecule has 0 fully saturated rings. The maximum absolute atomic E-state index is 12.4. The summed E-state index contributed by atoms with van der Waals surface area (Å²) in [7, 11) is -2.37. The van der Waals surface area contributed by atoms with Crippen LogP contribution in [0.15, 0.2) is 23.1 Å². The van der Waals surface area contributed by atoms with Gasteiger partial charge in [0, 0.05) is 24.7 Å². The lowest BCUT2D eigenvalue weighted by molar-refractivity contribution is 0.0953. The summed E-state index contributed by atoms with van der Waals surface area (Å²) in [6.45, 7) is 7.54. The summed E-state index contributed by atoms with van der Waals surface area (Å²) in [6, 6.07) is 4.10. The number of ether oxygens (including phenoxy) is 1. The number of carbonyl (C=O) groups is 1. The molecule has 7 nitrogen and oxygen atoms in total. The van der Waals surface area contributed by atoms with Crippen LogP contribution in [0.5, 0.6) is 5.75 Å². The van der Waals surface area contributed by atoms with Crippen LogP contribution in [-0.2, 0) is 10.0 Å². The van der Waals surface area contributed by atoms with Crippen LogP contribution >= 0.6 is 12.4 Å². The quantitative estimate of drug-likeness (QED) is 0.524. The van der Waals surface area contributed by atoms with Crippen LogP contribution in [0, 0.1) is 0 Å². The summed E-state index contributed by atoms with van der Waals surface area (Å²) in [6.07, 6.45) is 1.02. The fourth-order valence-electron chi connectivity index (χ4n) is 2.07. The smallest absolute Gasteiger partial charge is 0.251 e. The van der Waals surface area contributed by atoms with Crippen molar-refractivity contribution in [3.05, 3.63) is 23.8 Å². The Balaban J connectivity index is 0.00000576. The molecule has 0 aliphatic carbocycles. The molecule has 0 aliphatic rings. The number of amides is 1. The standard InChI is InChI=1S/C16H27N3O4S.ClH/c1-5-8-17-9-10-18-16(20)13-6-7-14(23-4)15(11-13)24(21,22)19-12(2)3;/h6-7,11-12,17,19H,5,8-10H2,1-4H3,(H,18,20);1H. The monoisotopic (exact) mass is 393 g/mol. The molecule has 25 heavy (non-hydrogen) atoms. The summed E-state index contributed by atoms with van der Waals surface area (Å²) in [5, 5.41) is 5.93. The highest BCUT2D eigenvalue weighted by atomic mass is 35.5. The van der Waals surface area contributed by atoms with Crippen LogP contribution < -0.4 is 20.1 Å². The minimum atomic E-state index is -3.76. The van der Waals surface area contributed by atoms with Crippen LogP contribution in [0.2, 0.25) is 0 Å². The second kappa shape index (κ2) is 11.3. The zero-order chi connectivity index (χ0) is 18.2. The van der Waals surface area contributed by atoms with Gasteiger partial charge < -0.3 is 15.4 Å². The molecule has 0 heterocycles. The summed E-state index contributed by atoms with van der Waals surface area (Å²) in [4.78, 5) is 12.1. The van der Waals surface area contributed by atoms with Crippen molar-refractivity contribution in [3.8, 4) is 5.75 Å². The molecule has 0 saturated heterocycles. The molecule has 1 aromatic carbocycles. The molecular weight excluding hydrogens is 366 g/mol. The second-order valence-corrected chi connectivity index (χ2v) is 7.33. The lowest BCUT2D eigenvalue weighted by Crippen LogP contribution is -2.33. The van der Waals surface area contributed by atoms with Crippen molar-refractivity contribution in [1.29, 1.82) is 0 Å². The third-order valence-corrected chi connectivity index (χ3v) is 4.80. The van der Waals surface area contributed by atoms with Gasteiger partial charge in [-0.05, 0) is 45.0 Å². The van der Waals surface area contributed by atoms with Crippen molar-refractivity contribution in [2.24, 2.45) is 0 Å². The second-order valence-electron chi connectivity index (χ2n) is 5.65. The molecule has 0 bridgehead atoms. The van der Waals surface area contributed by atoms with Crippen molar-refractivity contribution in [2.45, 2.75) is 38.1 Å². The van der Waals surface area contributed by atoms with Crippen LogP contribution in [0.3, 0.4) is 0 Å². The van der Waals surface area contributed by atoms with Crippen molar-refractivity contribution in [1.82, 2.24) is 15.4 Å². The van der Waals surface area contributed by atoms with Gasteiger partial charge in [-0.3, -0.25) is 4.79 Å². The van der Waals surface area contributed by atoms with Gasteiger partial charge in [0.25, 0.3) is 5.91 Å². The van der Waals surface area contributed by atoms with Gasteiger partial charge >= 0.3 is 0 Å². The first-order valence-electron chi connectivity index (χ1n) is 8.01. The fraction of sp³-hybridized carbons (Fsp3) is 0.562. The molecule has 1 amide bonds. The Morgan fingerprint density at radius 2 is 1.88 bits per heavy atom. The molecule has 3 N–H and O–H groups in total. The maximum atomic E-state index is 12.4. The summed E-state index contributed by atoms with van der Waals surface area (Å²) in [5.74, 6) is -0.124. The molecule has 0 spiro atoms. The van der Waals surface area contributed by atoms with Crippen molar-refractivity contribution < 1.29 is 17.9 Å². The van der Waals surface area contributed by atoms with E-state index in [9.17, 15) is 13.2 Å². The first kappa shape index (κ1) is 23.6. The van der Waals surface area contributed by atoms with E-state index in [1.54, 1.807) is 19.9 Å². The highest BCUT2D eigenvalue weighted by molar-refractivity contribution is 7.89. The first-order chi connectivity index (χ1) is 11.3. The number of nitrogens with one attached hydrogen (secondary N) is 3. The molecule has 0 saturated carbocycles. The van der Waals surface area contributed by atoms with Gasteiger partial charge in [-0.2, -0.15) is 0 Å². The number of hydrogen-bond donors (Lipinski definition) is 3. The Morgan fingerprint density at radius 3 is 2.44 bits per heavy atom. The van der Waals surface area contributed by atoms with E-state index in [-0.39, 0.29) is 40.6 Å². The number of rotatable bonds is 10. The molecule has 144 valence electrons. The molecule has 9 heteroatoms. The van der Waals surface area contributed by atoms with Crippen molar-refractivity contribution >= 4 is 28.3 Å². The number of carbonyl (C=O) groups excluding carboxylic acids is 1. The van der Waals surface area contributed by atoms with E-state index in [0.29, 0.717) is 13.1 Å². The number of benzene rings is 1. The SMILES string of the molecule is CCCNCCNC(=O)c1ccc(OC)c(S(=O)(=O)NC(C)C)c1.Cl. The Bertz CT molecular complexity index is 651. The van der Waals surface area contributed by atoms with E-state index in [2.05, 4.69) is 22.3 Å². The zero-order valence-electron chi connectivity index (χ0n) is 15.1. The molecular formula is C16H28ClN3O4S. The molecule has 0 aliphatic heterocycles.